The van der Waals surface area contributed by atoms with Crippen molar-refractivity contribution in [1.82, 2.24) is 4.57 Å². The van der Waals surface area contributed by atoms with Gasteiger partial charge in [0.15, 0.2) is 0 Å². The van der Waals surface area contributed by atoms with Gasteiger partial charge in [0.2, 0.25) is 0 Å². The van der Waals surface area contributed by atoms with Gasteiger partial charge in [0.1, 0.15) is 11.8 Å². The molecule has 0 fully saturated rings. The Labute approximate surface area is 116 Å². The van der Waals surface area contributed by atoms with E-state index in [9.17, 15) is 9.59 Å². The molecule has 2 aromatic rings. The zero-order chi connectivity index (χ0) is 14.9. The number of esters is 1. The van der Waals surface area contributed by atoms with Crippen molar-refractivity contribution < 1.29 is 14.3 Å². The molecule has 106 valence electrons. The molecule has 0 saturated carbocycles. The highest BCUT2D eigenvalue weighted by Gasteiger charge is 2.21. The van der Waals surface area contributed by atoms with Crippen molar-refractivity contribution in [1.29, 1.82) is 0 Å². The first kappa shape index (κ1) is 14.1. The molecule has 20 heavy (non-hydrogen) atoms. The van der Waals surface area contributed by atoms with E-state index in [4.69, 9.17) is 9.47 Å². The summed E-state index contributed by atoms with van der Waals surface area (Å²) >= 11 is 0. The summed E-state index contributed by atoms with van der Waals surface area (Å²) in [6.07, 6.45) is 0. The van der Waals surface area contributed by atoms with Gasteiger partial charge in [-0.1, -0.05) is 12.1 Å². The molecule has 1 unspecified atom stereocenters. The lowest BCUT2D eigenvalue weighted by Crippen LogP contribution is -2.29. The average molecular weight is 275 g/mol. The van der Waals surface area contributed by atoms with Crippen molar-refractivity contribution in [2.45, 2.75) is 19.9 Å². The third kappa shape index (κ3) is 2.15. The normalized spacial score (nSPS) is 12.2. The van der Waals surface area contributed by atoms with Gasteiger partial charge in [-0.15, -0.1) is 0 Å². The first-order valence-electron chi connectivity index (χ1n) is 6.28. The third-order valence-electron chi connectivity index (χ3n) is 3.39. The Balaban J connectivity index is 2.89. The van der Waals surface area contributed by atoms with Crippen LogP contribution in [0.4, 0.5) is 0 Å². The molecule has 0 bridgehead atoms. The highest BCUT2D eigenvalue weighted by molar-refractivity contribution is 5.89. The summed E-state index contributed by atoms with van der Waals surface area (Å²) in [5.41, 5.74) is 1.20. The molecule has 0 spiro atoms. The van der Waals surface area contributed by atoms with Gasteiger partial charge in [-0.05, 0) is 25.5 Å². The number of nitrogens with zero attached hydrogens (tertiary/aromatic N) is 1. The molecule has 2 rings (SSSR count). The number of hydrogen-bond acceptors (Lipinski definition) is 4. The van der Waals surface area contributed by atoms with Gasteiger partial charge in [0.05, 0.1) is 19.7 Å². The van der Waals surface area contributed by atoms with Crippen molar-refractivity contribution in [3.05, 3.63) is 40.2 Å². The number of aryl methyl sites for hydroxylation is 1. The SMILES string of the molecule is COC(=O)C(C)n1c(=O)cc(C)c2cccc(OC)c21. The number of pyridine rings is 1. The van der Waals surface area contributed by atoms with E-state index in [1.807, 2.05) is 19.1 Å². The van der Waals surface area contributed by atoms with Crippen LogP contribution < -0.4 is 10.3 Å². The Hall–Kier alpha value is -2.30. The van der Waals surface area contributed by atoms with Gasteiger partial charge in [0, 0.05) is 11.5 Å². The minimum Gasteiger partial charge on any atom is -0.495 e. The monoisotopic (exact) mass is 275 g/mol. The van der Waals surface area contributed by atoms with Crippen LogP contribution in [0.2, 0.25) is 0 Å². The zero-order valence-corrected chi connectivity index (χ0v) is 12.0. The summed E-state index contributed by atoms with van der Waals surface area (Å²) in [6, 6.07) is 6.31. The van der Waals surface area contributed by atoms with E-state index in [0.29, 0.717) is 11.3 Å². The number of para-hydroxylation sites is 1. The van der Waals surface area contributed by atoms with Crippen LogP contribution in [-0.2, 0) is 9.53 Å². The number of hydrogen-bond donors (Lipinski definition) is 0. The Morgan fingerprint density at radius 2 is 2.00 bits per heavy atom. The number of methoxy groups -OCH3 is 2. The molecule has 5 heteroatoms. The summed E-state index contributed by atoms with van der Waals surface area (Å²) in [7, 11) is 2.84. The second kappa shape index (κ2) is 5.36. The summed E-state index contributed by atoms with van der Waals surface area (Å²) in [5.74, 6) is 0.0854. The Morgan fingerprint density at radius 1 is 1.30 bits per heavy atom. The Morgan fingerprint density at radius 3 is 2.60 bits per heavy atom. The van der Waals surface area contributed by atoms with Crippen LogP contribution in [-0.4, -0.2) is 24.8 Å². The number of carbonyl (C=O) groups is 1. The molecular weight excluding hydrogens is 258 g/mol. The molecule has 0 aliphatic carbocycles. The number of fused-ring (bicyclic) bond motifs is 1. The lowest BCUT2D eigenvalue weighted by molar-refractivity contribution is -0.144. The highest BCUT2D eigenvalue weighted by Crippen LogP contribution is 2.28. The zero-order valence-electron chi connectivity index (χ0n) is 12.0. The van der Waals surface area contributed by atoms with E-state index < -0.39 is 12.0 Å². The van der Waals surface area contributed by atoms with Crippen molar-refractivity contribution in [2.24, 2.45) is 0 Å². The number of rotatable bonds is 3. The van der Waals surface area contributed by atoms with E-state index in [0.717, 1.165) is 10.9 Å². The van der Waals surface area contributed by atoms with Crippen molar-refractivity contribution in [2.75, 3.05) is 14.2 Å². The fourth-order valence-electron chi connectivity index (χ4n) is 2.36. The standard InChI is InChI=1S/C15H17NO4/c1-9-8-13(17)16(10(2)15(18)20-4)14-11(9)6-5-7-12(14)19-3/h5-8,10H,1-4H3. The van der Waals surface area contributed by atoms with Gasteiger partial charge in [0.25, 0.3) is 5.56 Å². The quantitative estimate of drug-likeness (QED) is 0.804. The summed E-state index contributed by atoms with van der Waals surface area (Å²) in [6.45, 7) is 3.49. The molecule has 0 aliphatic rings. The fourth-order valence-corrected chi connectivity index (χ4v) is 2.36. The molecule has 1 aromatic carbocycles. The minimum atomic E-state index is -0.716. The molecule has 1 aromatic heterocycles. The van der Waals surface area contributed by atoms with Crippen molar-refractivity contribution in [3.8, 4) is 5.75 Å². The van der Waals surface area contributed by atoms with Gasteiger partial charge >= 0.3 is 5.97 Å². The summed E-state index contributed by atoms with van der Waals surface area (Å²) < 4.78 is 11.5. The number of aromatic nitrogens is 1. The van der Waals surface area contributed by atoms with E-state index in [-0.39, 0.29) is 5.56 Å². The topological polar surface area (TPSA) is 57.5 Å². The average Bonchev–Trinajstić information content (AvgIpc) is 2.45. The van der Waals surface area contributed by atoms with Crippen LogP contribution in [0.15, 0.2) is 29.1 Å². The second-order valence-electron chi connectivity index (χ2n) is 4.59. The minimum absolute atomic E-state index is 0.252. The molecule has 0 amide bonds. The summed E-state index contributed by atoms with van der Waals surface area (Å²) in [5, 5.41) is 0.875. The number of carbonyl (C=O) groups excluding carboxylic acids is 1. The van der Waals surface area contributed by atoms with Crippen LogP contribution in [0.3, 0.4) is 0 Å². The molecule has 0 saturated heterocycles. The van der Waals surface area contributed by atoms with Crippen molar-refractivity contribution in [3.63, 3.8) is 0 Å². The van der Waals surface area contributed by atoms with Gasteiger partial charge in [-0.25, -0.2) is 4.79 Å². The molecule has 0 aliphatic heterocycles. The van der Waals surface area contributed by atoms with Crippen LogP contribution in [0.1, 0.15) is 18.5 Å². The van der Waals surface area contributed by atoms with E-state index in [1.54, 1.807) is 13.0 Å². The number of benzene rings is 1. The molecule has 1 atom stereocenters. The molecular formula is C15H17NO4. The first-order valence-corrected chi connectivity index (χ1v) is 6.28. The van der Waals surface area contributed by atoms with E-state index in [2.05, 4.69) is 0 Å². The third-order valence-corrected chi connectivity index (χ3v) is 3.39. The smallest absolute Gasteiger partial charge is 0.328 e. The lowest BCUT2D eigenvalue weighted by Gasteiger charge is -2.18. The second-order valence-corrected chi connectivity index (χ2v) is 4.59. The highest BCUT2D eigenvalue weighted by atomic mass is 16.5. The van der Waals surface area contributed by atoms with Gasteiger partial charge < -0.3 is 9.47 Å². The van der Waals surface area contributed by atoms with Crippen molar-refractivity contribution >= 4 is 16.9 Å². The predicted molar refractivity (Wildman–Crippen MR) is 76.2 cm³/mol. The maximum absolute atomic E-state index is 12.3. The van der Waals surface area contributed by atoms with E-state index >= 15 is 0 Å². The largest absolute Gasteiger partial charge is 0.495 e. The van der Waals surface area contributed by atoms with Crippen LogP contribution in [0.25, 0.3) is 10.9 Å². The van der Waals surface area contributed by atoms with Crippen LogP contribution >= 0.6 is 0 Å². The first-order chi connectivity index (χ1) is 9.51. The lowest BCUT2D eigenvalue weighted by atomic mass is 10.1. The maximum atomic E-state index is 12.3. The Bertz CT molecular complexity index is 718. The fraction of sp³-hybridized carbons (Fsp3) is 0.333. The Kier molecular flexibility index (Phi) is 3.79. The van der Waals surface area contributed by atoms with Crippen LogP contribution in [0.5, 0.6) is 5.75 Å². The molecule has 1 heterocycles. The summed E-state index contributed by atoms with van der Waals surface area (Å²) in [4.78, 5) is 24.1. The molecule has 5 nitrogen and oxygen atoms in total. The van der Waals surface area contributed by atoms with Crippen LogP contribution in [0, 0.1) is 6.92 Å². The maximum Gasteiger partial charge on any atom is 0.328 e. The van der Waals surface area contributed by atoms with Gasteiger partial charge in [-0.3, -0.25) is 9.36 Å². The molecule has 0 N–H and O–H groups in total. The molecule has 0 radical (unpaired) electrons. The number of ether oxygens (including phenoxy) is 2. The van der Waals surface area contributed by atoms with Gasteiger partial charge in [-0.2, -0.15) is 0 Å². The predicted octanol–water partition coefficient (Wildman–Crippen LogP) is 2.05. The van der Waals surface area contributed by atoms with E-state index in [1.165, 1.54) is 24.9 Å².